The monoisotopic (exact) mass is 478 g/mol. The van der Waals surface area contributed by atoms with Gasteiger partial charge in [-0.3, -0.25) is 0 Å². The zero-order valence-corrected chi connectivity index (χ0v) is 16.6. The normalized spacial score (nSPS) is 12.0. The third-order valence-corrected chi connectivity index (χ3v) is 13.9. The van der Waals surface area contributed by atoms with Crippen LogP contribution in [0, 0.1) is 0 Å². The van der Waals surface area contributed by atoms with Crippen LogP contribution in [0.4, 0.5) is 0 Å². The first kappa shape index (κ1) is 18.2. The molecular formula is C12H27BrHfO3. The molecule has 0 aromatic heterocycles. The number of halogens is 1. The summed E-state index contributed by atoms with van der Waals surface area (Å²) in [4.78, 5) is 0. The average molecular weight is 478 g/mol. The molecule has 0 unspecified atom stereocenters. The molecule has 0 fully saturated rings. The Kier molecular flexibility index (Phi) is 13.2. The maximum absolute atomic E-state index is 5.86. The van der Waals surface area contributed by atoms with Crippen LogP contribution in [0.3, 0.4) is 0 Å². The van der Waals surface area contributed by atoms with E-state index in [1.165, 1.54) is 0 Å². The minimum atomic E-state index is -3.46. The SMILES string of the molecule is CCCC[O][Hf]([Br])([O]CCCC)[O]CCCC. The van der Waals surface area contributed by atoms with E-state index in [0.717, 1.165) is 58.3 Å². The van der Waals surface area contributed by atoms with Crippen molar-refractivity contribution in [1.82, 2.24) is 0 Å². The Bertz CT molecular complexity index is 143. The molecule has 0 aromatic rings. The fourth-order valence-corrected chi connectivity index (χ4v) is 10.2. The van der Waals surface area contributed by atoms with E-state index in [9.17, 15) is 0 Å². The van der Waals surface area contributed by atoms with Crippen molar-refractivity contribution in [1.29, 1.82) is 0 Å². The Morgan fingerprint density at radius 2 is 1.00 bits per heavy atom. The van der Waals surface area contributed by atoms with Gasteiger partial charge in [0.05, 0.1) is 0 Å². The third-order valence-electron chi connectivity index (χ3n) is 2.32. The topological polar surface area (TPSA) is 27.7 Å². The summed E-state index contributed by atoms with van der Waals surface area (Å²) in [5.74, 6) is 0. The molecule has 0 N–H and O–H groups in total. The van der Waals surface area contributed by atoms with Gasteiger partial charge in [0.25, 0.3) is 0 Å². The zero-order chi connectivity index (χ0) is 13.0. The van der Waals surface area contributed by atoms with Gasteiger partial charge in [-0.05, 0) is 0 Å². The molecule has 0 saturated carbocycles. The molecule has 0 aromatic carbocycles. The van der Waals surface area contributed by atoms with Crippen LogP contribution >= 0.6 is 12.3 Å². The quantitative estimate of drug-likeness (QED) is 0.303. The zero-order valence-electron chi connectivity index (χ0n) is 11.5. The maximum atomic E-state index is 5.86. The third kappa shape index (κ3) is 10.8. The van der Waals surface area contributed by atoms with Crippen LogP contribution < -0.4 is 0 Å². The van der Waals surface area contributed by atoms with Crippen molar-refractivity contribution in [3.8, 4) is 0 Å². The molecule has 3 nitrogen and oxygen atoms in total. The van der Waals surface area contributed by atoms with Crippen molar-refractivity contribution in [3.05, 3.63) is 0 Å². The molecule has 0 atom stereocenters. The Hall–Kier alpha value is 1.23. The van der Waals surface area contributed by atoms with Gasteiger partial charge in [-0.2, -0.15) is 0 Å². The Morgan fingerprint density at radius 3 is 1.24 bits per heavy atom. The van der Waals surface area contributed by atoms with Crippen molar-refractivity contribution in [3.63, 3.8) is 0 Å². The van der Waals surface area contributed by atoms with E-state index in [2.05, 4.69) is 33.1 Å². The standard InChI is InChI=1S/3C4H9O.BrH.Hf/c3*1-2-3-4-5;;/h3*2-4H2,1H3;1H;/q3*-1;;+4/p-1. The van der Waals surface area contributed by atoms with Crippen molar-refractivity contribution in [2.45, 2.75) is 59.3 Å². The van der Waals surface area contributed by atoms with Crippen molar-refractivity contribution >= 4 is 12.3 Å². The summed E-state index contributed by atoms with van der Waals surface area (Å²) >= 11 is 0.175. The molecule has 0 aliphatic rings. The second kappa shape index (κ2) is 12.3. The first-order valence-electron chi connectivity index (χ1n) is 6.79. The molecule has 0 rings (SSSR count). The van der Waals surface area contributed by atoms with E-state index in [-0.39, 0.29) is 0 Å². The first-order valence-corrected chi connectivity index (χ1v) is 19.0. The minimum absolute atomic E-state index is 0.752. The number of hydrogen-bond acceptors (Lipinski definition) is 3. The van der Waals surface area contributed by atoms with Crippen LogP contribution in [0.5, 0.6) is 0 Å². The number of rotatable bonds is 12. The fraction of sp³-hybridized carbons (Fsp3) is 1.00. The Morgan fingerprint density at radius 1 is 0.706 bits per heavy atom. The molecule has 0 spiro atoms. The Labute approximate surface area is 118 Å². The summed E-state index contributed by atoms with van der Waals surface area (Å²) in [6, 6.07) is 0. The van der Waals surface area contributed by atoms with E-state index in [1.807, 2.05) is 0 Å². The van der Waals surface area contributed by atoms with Gasteiger partial charge in [0.1, 0.15) is 0 Å². The van der Waals surface area contributed by atoms with E-state index >= 15 is 0 Å². The molecule has 0 bridgehead atoms. The summed E-state index contributed by atoms with van der Waals surface area (Å²) < 4.78 is 17.6. The van der Waals surface area contributed by atoms with E-state index in [1.54, 1.807) is 0 Å². The van der Waals surface area contributed by atoms with Crippen LogP contribution in [0.15, 0.2) is 0 Å². The van der Waals surface area contributed by atoms with E-state index in [4.69, 9.17) is 8.56 Å². The molecule has 5 heteroatoms. The Balaban J connectivity index is 3.95. The second-order valence-electron chi connectivity index (χ2n) is 4.09. The van der Waals surface area contributed by atoms with Crippen LogP contribution in [0.2, 0.25) is 0 Å². The molecule has 0 aliphatic heterocycles. The summed E-state index contributed by atoms with van der Waals surface area (Å²) in [6.07, 6.45) is 6.63. The van der Waals surface area contributed by atoms with Gasteiger partial charge >= 0.3 is 119 Å². The number of unbranched alkanes of at least 4 members (excludes halogenated alkanes) is 3. The molecule has 0 radical (unpaired) electrons. The van der Waals surface area contributed by atoms with Gasteiger partial charge < -0.3 is 0 Å². The molecule has 0 saturated heterocycles. The van der Waals surface area contributed by atoms with Gasteiger partial charge in [0.15, 0.2) is 0 Å². The molecule has 0 amide bonds. The molecule has 0 heterocycles. The van der Waals surface area contributed by atoms with Gasteiger partial charge in [-0.1, -0.05) is 0 Å². The predicted molar refractivity (Wildman–Crippen MR) is 71.5 cm³/mol. The van der Waals surface area contributed by atoms with Crippen molar-refractivity contribution in [2.24, 2.45) is 0 Å². The number of hydrogen-bond donors (Lipinski definition) is 0. The van der Waals surface area contributed by atoms with Crippen LogP contribution in [-0.2, 0) is 27.5 Å². The van der Waals surface area contributed by atoms with Crippen molar-refractivity contribution in [2.75, 3.05) is 19.8 Å². The van der Waals surface area contributed by atoms with Crippen LogP contribution in [0.1, 0.15) is 59.3 Å². The van der Waals surface area contributed by atoms with Crippen LogP contribution in [0.25, 0.3) is 0 Å². The predicted octanol–water partition coefficient (Wildman–Crippen LogP) is 4.65. The van der Waals surface area contributed by atoms with Gasteiger partial charge in [0, 0.05) is 0 Å². The molecule has 17 heavy (non-hydrogen) atoms. The van der Waals surface area contributed by atoms with Gasteiger partial charge in [-0.15, -0.1) is 0 Å². The molecular weight excluding hydrogens is 451 g/mol. The van der Waals surface area contributed by atoms with Crippen LogP contribution in [-0.4, -0.2) is 19.8 Å². The molecule has 104 valence electrons. The van der Waals surface area contributed by atoms with E-state index < -0.39 is 18.9 Å². The summed E-state index contributed by atoms with van der Waals surface area (Å²) in [7, 11) is 0. The summed E-state index contributed by atoms with van der Waals surface area (Å²) in [6.45, 7) is 8.73. The second-order valence-corrected chi connectivity index (χ2v) is 18.6. The van der Waals surface area contributed by atoms with Gasteiger partial charge in [0.2, 0.25) is 0 Å². The fourth-order valence-electron chi connectivity index (χ4n) is 1.14. The first-order chi connectivity index (χ1) is 8.18. The summed E-state index contributed by atoms with van der Waals surface area (Å²) in [5.41, 5.74) is 0. The van der Waals surface area contributed by atoms with Gasteiger partial charge in [-0.25, -0.2) is 0 Å². The summed E-state index contributed by atoms with van der Waals surface area (Å²) in [5, 5.41) is 0. The van der Waals surface area contributed by atoms with Crippen molar-refractivity contribution < 1.29 is 27.5 Å². The molecule has 0 aliphatic carbocycles. The average Bonchev–Trinajstić information content (AvgIpc) is 2.30. The van der Waals surface area contributed by atoms with E-state index in [0.29, 0.717) is 0 Å².